The van der Waals surface area contributed by atoms with Gasteiger partial charge in [0, 0.05) is 0 Å². The fraction of sp³-hybridized carbons (Fsp3) is 0.419. The third-order valence-electron chi connectivity index (χ3n) is 15.4. The van der Waals surface area contributed by atoms with Gasteiger partial charge < -0.3 is 8.85 Å². The number of aliphatic hydroxyl groups is 1. The molecule has 0 spiro atoms. The van der Waals surface area contributed by atoms with Crippen LogP contribution in [-0.4, -0.2) is 121 Å². The Bertz CT molecular complexity index is 3220. The van der Waals surface area contributed by atoms with E-state index in [-0.39, 0.29) is 80.0 Å². The van der Waals surface area contributed by atoms with Crippen LogP contribution < -0.4 is 5.32 Å². The van der Waals surface area contributed by atoms with Crippen molar-refractivity contribution in [1.29, 1.82) is 0 Å². The molecule has 4 amide bonds. The minimum absolute atomic E-state index is 0. The molecule has 4 heterocycles. The van der Waals surface area contributed by atoms with Crippen LogP contribution in [0.2, 0.25) is 36.3 Å². The molecule has 83 heavy (non-hydrogen) atoms. The normalized spacial score (nSPS) is 14.7. The van der Waals surface area contributed by atoms with Crippen molar-refractivity contribution < 1.29 is 42.5 Å². The molecule has 2 aliphatic rings. The van der Waals surface area contributed by atoms with Crippen molar-refractivity contribution >= 4 is 66.8 Å². The van der Waals surface area contributed by atoms with Gasteiger partial charge in [0.25, 0.3) is 11.8 Å². The van der Waals surface area contributed by atoms with Gasteiger partial charge >= 0.3 is 302 Å². The quantitative estimate of drug-likeness (QED) is 0.0442. The van der Waals surface area contributed by atoms with Gasteiger partial charge in [0.05, 0.1) is 11.1 Å². The molecule has 8 rings (SSSR count). The summed E-state index contributed by atoms with van der Waals surface area (Å²) in [7, 11) is 1.38. The van der Waals surface area contributed by atoms with E-state index >= 15 is 0 Å². The Morgan fingerprint density at radius 2 is 0.940 bits per heavy atom. The summed E-state index contributed by atoms with van der Waals surface area (Å²) in [6.07, 6.45) is 7.24. The van der Waals surface area contributed by atoms with Gasteiger partial charge in [0.1, 0.15) is 0 Å². The standard InChI is InChI=1S/C30H37BN4O4Si.C22H34BN3O3Si.C8H5NO2.2CH4/c1-20(39-40(6,7)30(2,3)4)27-33-26(18-34(27)5)22-14-12-21(13-15-22)16-23(32-19-31-38)17-35-28(36)24-10-8-9-11-25(24)29(35)37;1-16(29-30(6,7)22(2,3)4)21-25-20(13-26(21)5)18-10-8-17(9-11-18)12-19(14-27)24-15-23-28;10-7-5-3-1-2-4-6(5)8(11)9-7;;/h8-15,18-20,23H,16-17H2,1-7H3;8-11,13,15-16,19,27H,12,14H2,1-7H3;1-4H,(H,9,10,11);2*1H4. The van der Waals surface area contributed by atoms with Crippen LogP contribution in [0.1, 0.15) is 147 Å². The molecule has 6 aromatic rings. The molecule has 17 nitrogen and oxygen atoms in total. The van der Waals surface area contributed by atoms with Gasteiger partial charge in [-0.05, 0) is 62.2 Å². The van der Waals surface area contributed by atoms with Gasteiger partial charge in [-0.25, -0.2) is 0 Å². The van der Waals surface area contributed by atoms with Crippen LogP contribution in [0, 0.1) is 0 Å². The Morgan fingerprint density at radius 3 is 1.29 bits per heavy atom. The average Bonchev–Trinajstić information content (AvgIpc) is 4.25. The zero-order valence-electron chi connectivity index (χ0n) is 49.2. The molecule has 2 aliphatic heterocycles. The number of fused-ring (bicyclic) bond motifs is 2. The van der Waals surface area contributed by atoms with Crippen molar-refractivity contribution in [3.63, 3.8) is 0 Å². The average molecular weight is 1160 g/mol. The molecule has 0 saturated carbocycles. The molecule has 4 aromatic carbocycles. The van der Waals surface area contributed by atoms with Gasteiger partial charge in [-0.3, -0.25) is 14.9 Å². The van der Waals surface area contributed by atoms with Crippen molar-refractivity contribution in [3.05, 3.63) is 154 Å². The smallest absolute Gasteiger partial charge is 0.288 e. The number of aryl methyl sites for hydroxylation is 2. The van der Waals surface area contributed by atoms with Gasteiger partial charge in [0.2, 0.25) is 0 Å². The van der Waals surface area contributed by atoms with Crippen LogP contribution in [-0.2, 0) is 45.2 Å². The number of nitrogens with zero attached hydrogens (tertiary/aromatic N) is 7. The van der Waals surface area contributed by atoms with E-state index in [4.69, 9.17) is 18.8 Å². The molecule has 4 unspecified atom stereocenters. The number of hydrogen-bond donors (Lipinski definition) is 2. The predicted octanol–water partition coefficient (Wildman–Crippen LogP) is 11.4. The van der Waals surface area contributed by atoms with Crippen LogP contribution >= 0.6 is 0 Å². The minimum atomic E-state index is -1.95. The minimum Gasteiger partial charge on any atom is -0.288 e. The second-order valence-electron chi connectivity index (χ2n) is 23.5. The number of imidazole rings is 2. The van der Waals surface area contributed by atoms with Crippen molar-refractivity contribution in [2.45, 2.75) is 144 Å². The molecule has 2 N–H and O–H groups in total. The molecule has 0 aliphatic carbocycles. The molecule has 2 aromatic heterocycles. The van der Waals surface area contributed by atoms with Gasteiger partial charge in [-0.1, -0.05) is 68.5 Å². The second kappa shape index (κ2) is 29.0. The Balaban J connectivity index is 0.000000301. The number of amides is 4. The summed E-state index contributed by atoms with van der Waals surface area (Å²) in [5.41, 5.74) is 7.51. The maximum absolute atomic E-state index is 12.8. The van der Waals surface area contributed by atoms with Crippen molar-refractivity contribution in [1.82, 2.24) is 29.3 Å². The van der Waals surface area contributed by atoms with E-state index in [9.17, 15) is 33.7 Å². The summed E-state index contributed by atoms with van der Waals surface area (Å²) < 4.78 is 38.6. The van der Waals surface area contributed by atoms with Crippen LogP contribution in [0.25, 0.3) is 22.5 Å². The first kappa shape index (κ1) is 68.5. The molecule has 21 heteroatoms. The molecule has 0 bridgehead atoms. The number of carbonyl (C=O) groups is 4. The first-order valence-corrected chi connectivity index (χ1v) is 33.0. The summed E-state index contributed by atoms with van der Waals surface area (Å²) >= 11 is 0. The number of carbonyl (C=O) groups excluding carboxylic acids is 4. The van der Waals surface area contributed by atoms with Crippen LogP contribution in [0.15, 0.2) is 119 Å². The van der Waals surface area contributed by atoms with Gasteiger partial charge in [-0.15, -0.1) is 0 Å². The van der Waals surface area contributed by atoms with Crippen molar-refractivity contribution in [2.75, 3.05) is 13.2 Å². The second-order valence-corrected chi connectivity index (χ2v) is 33.0. The Morgan fingerprint density at radius 1 is 0.590 bits per heavy atom. The summed E-state index contributed by atoms with van der Waals surface area (Å²) in [5, 5.41) is 11.9. The zero-order chi connectivity index (χ0) is 59.6. The van der Waals surface area contributed by atoms with E-state index in [1.165, 1.54) is 17.1 Å². The zero-order valence-corrected chi connectivity index (χ0v) is 51.2. The summed E-state index contributed by atoms with van der Waals surface area (Å²) in [6.45, 7) is 26.5. The van der Waals surface area contributed by atoms with E-state index in [0.717, 1.165) is 45.3 Å². The molecule has 4 atom stereocenters. The maximum atomic E-state index is 12.8. The topological polar surface area (TPSA) is 217 Å². The first-order valence-electron chi connectivity index (χ1n) is 27.1. The Kier molecular flexibility index (Phi) is 23.9. The van der Waals surface area contributed by atoms with E-state index in [1.807, 2.05) is 84.2 Å². The summed E-state index contributed by atoms with van der Waals surface area (Å²) in [4.78, 5) is 66.9. The van der Waals surface area contributed by atoms with Crippen molar-refractivity contribution in [3.8, 4) is 22.5 Å². The number of aromatic nitrogens is 4. The SMILES string of the molecule is C.C.CC(O[Si](C)(C)C(C)(C)C)c1nc(-c2ccc(CC(CN3C(=O)c4ccccc4C3=O)N=CB=O)cc2)cn1C.CC(O[Si](C)(C)C(C)(C)C)c1nc(-c2ccc(CC(CO)N=CB=O)cc2)cn1C.O=C1NC(=O)c2ccccc21. The first-order chi connectivity index (χ1) is 38.1. The van der Waals surface area contributed by atoms with Crippen molar-refractivity contribution in [2.24, 2.45) is 24.1 Å². The molecular weight excluding hydrogens is 1080 g/mol. The van der Waals surface area contributed by atoms with E-state index in [0.29, 0.717) is 49.4 Å². The summed E-state index contributed by atoms with van der Waals surface area (Å²) in [6, 6.07) is 28.8. The molecule has 0 radical (unpaired) electrons. The molecule has 440 valence electrons. The van der Waals surface area contributed by atoms with Crippen LogP contribution in [0.4, 0.5) is 0 Å². The molecular formula is C62H84B2N8O9Si2. The van der Waals surface area contributed by atoms with Gasteiger partial charge in [-0.2, -0.15) is 0 Å². The number of hydrogen-bond acceptors (Lipinski definition) is 13. The molecule has 0 fully saturated rings. The Hall–Kier alpha value is -7.04. The summed E-state index contributed by atoms with van der Waals surface area (Å²) in [5.74, 6) is 0.534. The van der Waals surface area contributed by atoms with E-state index in [2.05, 4.69) is 96.9 Å². The fourth-order valence-corrected chi connectivity index (χ4v) is 11.6. The monoisotopic (exact) mass is 1160 g/mol. The third kappa shape index (κ3) is 17.1. The van der Waals surface area contributed by atoms with E-state index in [1.54, 1.807) is 48.5 Å². The van der Waals surface area contributed by atoms with Crippen LogP contribution in [0.3, 0.4) is 0 Å². The number of aliphatic imine (C=N–C) groups is 2. The fourth-order valence-electron chi connectivity index (χ4n) is 8.88. The molecule has 0 saturated heterocycles. The predicted molar refractivity (Wildman–Crippen MR) is 336 cm³/mol. The Labute approximate surface area is 494 Å². The third-order valence-corrected chi connectivity index (χ3v) is 24.5. The number of nitrogens with one attached hydrogen (secondary N) is 1. The van der Waals surface area contributed by atoms with Crippen LogP contribution in [0.5, 0.6) is 0 Å². The van der Waals surface area contributed by atoms with Gasteiger partial charge in [0.15, 0.2) is 16.6 Å². The van der Waals surface area contributed by atoms with E-state index < -0.39 is 22.7 Å². The number of rotatable bonds is 19. The number of aliphatic hydroxyl groups excluding tert-OH is 1. The number of imide groups is 2. The number of benzene rings is 4.